The van der Waals surface area contributed by atoms with Crippen molar-refractivity contribution < 1.29 is 13.9 Å². The minimum Gasteiger partial charge on any atom is -0.471 e. The second kappa shape index (κ2) is 7.46. The van der Waals surface area contributed by atoms with Gasteiger partial charge in [-0.25, -0.2) is 4.39 Å². The van der Waals surface area contributed by atoms with Crippen molar-refractivity contribution in [2.75, 3.05) is 32.1 Å². The van der Waals surface area contributed by atoms with Gasteiger partial charge in [0.15, 0.2) is 5.82 Å². The summed E-state index contributed by atoms with van der Waals surface area (Å²) in [4.78, 5) is 24.4. The number of anilines is 1. The number of nitrogens with zero attached hydrogens (tertiary/aromatic N) is 4. The molecule has 132 valence electrons. The van der Waals surface area contributed by atoms with E-state index in [0.717, 1.165) is 6.42 Å². The van der Waals surface area contributed by atoms with Gasteiger partial charge in [-0.05, 0) is 11.6 Å². The Bertz CT molecular complexity index is 753. The highest BCUT2D eigenvalue weighted by molar-refractivity contribution is 5.79. The summed E-state index contributed by atoms with van der Waals surface area (Å²) in [5, 5.41) is 0. The summed E-state index contributed by atoms with van der Waals surface area (Å²) < 4.78 is 19.5. The normalized spacial score (nSPS) is 16.8. The second-order valence-electron chi connectivity index (χ2n) is 6.25. The first-order valence-electron chi connectivity index (χ1n) is 8.20. The zero-order valence-electron chi connectivity index (χ0n) is 14.4. The summed E-state index contributed by atoms with van der Waals surface area (Å²) in [6.45, 7) is 1.07. The highest BCUT2D eigenvalue weighted by atomic mass is 19.1. The van der Waals surface area contributed by atoms with Gasteiger partial charge < -0.3 is 14.5 Å². The maximum atomic E-state index is 13.7. The lowest BCUT2D eigenvalue weighted by Gasteiger charge is -2.18. The number of ether oxygens (including phenoxy) is 1. The topological polar surface area (TPSA) is 58.6 Å². The van der Waals surface area contributed by atoms with Crippen LogP contribution in [-0.4, -0.2) is 54.1 Å². The Morgan fingerprint density at radius 1 is 1.36 bits per heavy atom. The van der Waals surface area contributed by atoms with Crippen LogP contribution >= 0.6 is 0 Å². The third-order valence-electron chi connectivity index (χ3n) is 4.14. The van der Waals surface area contributed by atoms with Crippen LogP contribution in [0.15, 0.2) is 36.7 Å². The minimum atomic E-state index is -0.348. The number of halogens is 1. The number of carbonyl (C=O) groups is 1. The van der Waals surface area contributed by atoms with Crippen LogP contribution in [0.5, 0.6) is 5.88 Å². The molecule has 1 aromatic carbocycles. The number of carbonyl (C=O) groups excluding carboxylic acids is 1. The van der Waals surface area contributed by atoms with E-state index in [1.807, 2.05) is 19.0 Å². The van der Waals surface area contributed by atoms with E-state index in [1.54, 1.807) is 35.5 Å². The standard InChI is InChI=1S/C18H21FN4O2/c1-22(2)16-10-20-11-17(21-16)25-14-7-8-23(12-14)18(24)9-13-5-3-4-6-15(13)19/h3-6,10-11,14H,7-9,12H2,1-2H3/t14-/m0/s1. The molecule has 2 aromatic rings. The Labute approximate surface area is 146 Å². The average molecular weight is 344 g/mol. The maximum absolute atomic E-state index is 13.7. The lowest BCUT2D eigenvalue weighted by molar-refractivity contribution is -0.129. The van der Waals surface area contributed by atoms with Gasteiger partial charge in [-0.1, -0.05) is 18.2 Å². The number of aromatic nitrogens is 2. The number of likely N-dealkylation sites (tertiary alicyclic amines) is 1. The van der Waals surface area contributed by atoms with Crippen LogP contribution in [-0.2, 0) is 11.2 Å². The quantitative estimate of drug-likeness (QED) is 0.829. The van der Waals surface area contributed by atoms with Gasteiger partial charge in [0.2, 0.25) is 11.8 Å². The molecule has 0 bridgehead atoms. The molecular formula is C18H21FN4O2. The van der Waals surface area contributed by atoms with Crippen molar-refractivity contribution >= 4 is 11.7 Å². The summed E-state index contributed by atoms with van der Waals surface area (Å²) in [5.41, 5.74) is 0.418. The number of amides is 1. The Kier molecular flexibility index (Phi) is 5.11. The first-order valence-corrected chi connectivity index (χ1v) is 8.20. The van der Waals surface area contributed by atoms with Crippen LogP contribution in [0, 0.1) is 5.82 Å². The molecule has 1 aliphatic heterocycles. The first kappa shape index (κ1) is 17.1. The molecule has 1 aromatic heterocycles. The molecule has 0 aliphatic carbocycles. The van der Waals surface area contributed by atoms with Crippen molar-refractivity contribution in [2.45, 2.75) is 18.9 Å². The molecular weight excluding hydrogens is 323 g/mol. The summed E-state index contributed by atoms with van der Waals surface area (Å²) in [7, 11) is 3.76. The molecule has 1 amide bonds. The fourth-order valence-corrected chi connectivity index (χ4v) is 2.75. The molecule has 1 saturated heterocycles. The Morgan fingerprint density at radius 2 is 2.16 bits per heavy atom. The van der Waals surface area contributed by atoms with Crippen LogP contribution < -0.4 is 9.64 Å². The number of benzene rings is 1. The van der Waals surface area contributed by atoms with Gasteiger partial charge in [-0.3, -0.25) is 9.78 Å². The predicted molar refractivity (Wildman–Crippen MR) is 92.1 cm³/mol. The lowest BCUT2D eigenvalue weighted by Crippen LogP contribution is -2.32. The van der Waals surface area contributed by atoms with Crippen molar-refractivity contribution in [3.63, 3.8) is 0 Å². The summed E-state index contributed by atoms with van der Waals surface area (Å²) in [6.07, 6.45) is 3.88. The van der Waals surface area contributed by atoms with E-state index in [0.29, 0.717) is 30.4 Å². The Balaban J connectivity index is 1.57. The van der Waals surface area contributed by atoms with Gasteiger partial charge >= 0.3 is 0 Å². The van der Waals surface area contributed by atoms with Crippen molar-refractivity contribution in [1.82, 2.24) is 14.9 Å². The van der Waals surface area contributed by atoms with Crippen molar-refractivity contribution in [3.05, 3.63) is 48.0 Å². The van der Waals surface area contributed by atoms with E-state index in [1.165, 1.54) is 6.07 Å². The molecule has 6 nitrogen and oxygen atoms in total. The van der Waals surface area contributed by atoms with Crippen LogP contribution in [0.4, 0.5) is 10.2 Å². The number of rotatable bonds is 5. The molecule has 0 radical (unpaired) electrons. The molecule has 1 fully saturated rings. The fourth-order valence-electron chi connectivity index (χ4n) is 2.75. The second-order valence-corrected chi connectivity index (χ2v) is 6.25. The third-order valence-corrected chi connectivity index (χ3v) is 4.14. The smallest absolute Gasteiger partial charge is 0.234 e. The van der Waals surface area contributed by atoms with Gasteiger partial charge in [0.05, 0.1) is 25.4 Å². The fraction of sp³-hybridized carbons (Fsp3) is 0.389. The van der Waals surface area contributed by atoms with Crippen molar-refractivity contribution in [3.8, 4) is 5.88 Å². The Hall–Kier alpha value is -2.70. The van der Waals surface area contributed by atoms with Crippen LogP contribution in [0.1, 0.15) is 12.0 Å². The van der Waals surface area contributed by atoms with Gasteiger partial charge in [-0.15, -0.1) is 0 Å². The van der Waals surface area contributed by atoms with E-state index >= 15 is 0 Å². The molecule has 7 heteroatoms. The van der Waals surface area contributed by atoms with E-state index in [-0.39, 0.29) is 24.2 Å². The van der Waals surface area contributed by atoms with Crippen molar-refractivity contribution in [1.29, 1.82) is 0 Å². The minimum absolute atomic E-state index is 0.0648. The van der Waals surface area contributed by atoms with E-state index in [2.05, 4.69) is 9.97 Å². The average Bonchev–Trinajstić information content (AvgIpc) is 3.06. The molecule has 0 saturated carbocycles. The highest BCUT2D eigenvalue weighted by Gasteiger charge is 2.28. The largest absolute Gasteiger partial charge is 0.471 e. The first-order chi connectivity index (χ1) is 12.0. The predicted octanol–water partition coefficient (Wildman–Crippen LogP) is 1.90. The molecule has 0 unspecified atom stereocenters. The highest BCUT2D eigenvalue weighted by Crippen LogP contribution is 2.19. The van der Waals surface area contributed by atoms with E-state index in [4.69, 9.17) is 4.74 Å². The number of hydrogen-bond acceptors (Lipinski definition) is 5. The SMILES string of the molecule is CN(C)c1cncc(O[C@H]2CCN(C(=O)Cc3ccccc3F)C2)n1. The maximum Gasteiger partial charge on any atom is 0.234 e. The van der Waals surface area contributed by atoms with E-state index in [9.17, 15) is 9.18 Å². The third kappa shape index (κ3) is 4.23. The molecule has 0 N–H and O–H groups in total. The Morgan fingerprint density at radius 3 is 2.92 bits per heavy atom. The van der Waals surface area contributed by atoms with Gasteiger partial charge in [0.1, 0.15) is 11.9 Å². The van der Waals surface area contributed by atoms with Crippen LogP contribution in [0.2, 0.25) is 0 Å². The molecule has 1 atom stereocenters. The van der Waals surface area contributed by atoms with Crippen LogP contribution in [0.25, 0.3) is 0 Å². The summed E-state index contributed by atoms with van der Waals surface area (Å²) >= 11 is 0. The molecule has 25 heavy (non-hydrogen) atoms. The van der Waals surface area contributed by atoms with E-state index < -0.39 is 0 Å². The molecule has 3 rings (SSSR count). The summed E-state index contributed by atoms with van der Waals surface area (Å²) in [5.74, 6) is 0.713. The van der Waals surface area contributed by atoms with Gasteiger partial charge in [0.25, 0.3) is 0 Å². The summed E-state index contributed by atoms with van der Waals surface area (Å²) in [6, 6.07) is 6.36. The lowest BCUT2D eigenvalue weighted by atomic mass is 10.1. The zero-order valence-corrected chi connectivity index (χ0v) is 14.4. The number of hydrogen-bond donors (Lipinski definition) is 0. The molecule has 1 aliphatic rings. The molecule has 0 spiro atoms. The van der Waals surface area contributed by atoms with Crippen LogP contribution in [0.3, 0.4) is 0 Å². The monoisotopic (exact) mass is 344 g/mol. The van der Waals surface area contributed by atoms with Crippen molar-refractivity contribution in [2.24, 2.45) is 0 Å². The zero-order chi connectivity index (χ0) is 17.8. The van der Waals surface area contributed by atoms with Gasteiger partial charge in [0, 0.05) is 27.1 Å². The molecule has 2 heterocycles. The van der Waals surface area contributed by atoms with Gasteiger partial charge in [-0.2, -0.15) is 4.98 Å².